The Balaban J connectivity index is 1.58. The summed E-state index contributed by atoms with van der Waals surface area (Å²) in [5, 5.41) is 0. The Morgan fingerprint density at radius 3 is 2.18 bits per heavy atom. The summed E-state index contributed by atoms with van der Waals surface area (Å²) in [4.78, 5) is 4.93. The van der Waals surface area contributed by atoms with Crippen LogP contribution in [-0.4, -0.2) is 20.2 Å². The van der Waals surface area contributed by atoms with E-state index < -0.39 is 0 Å². The van der Waals surface area contributed by atoms with Crippen molar-refractivity contribution in [2.45, 2.75) is 25.9 Å². The van der Waals surface area contributed by atoms with Gasteiger partial charge in [0.05, 0.1) is 7.11 Å². The quantitative estimate of drug-likeness (QED) is 0.544. The van der Waals surface area contributed by atoms with Gasteiger partial charge in [0.15, 0.2) is 0 Å². The molecule has 1 saturated heterocycles. The first-order chi connectivity index (χ1) is 13.8. The van der Waals surface area contributed by atoms with Crippen LogP contribution in [0.4, 0.5) is 11.4 Å². The van der Waals surface area contributed by atoms with Gasteiger partial charge in [0.1, 0.15) is 5.75 Å². The fourth-order valence-electron chi connectivity index (χ4n) is 3.92. The Bertz CT molecular complexity index is 888. The molecule has 3 nitrogen and oxygen atoms in total. The highest BCUT2D eigenvalue weighted by Gasteiger charge is 2.14. The van der Waals surface area contributed by atoms with Crippen molar-refractivity contribution in [3.05, 3.63) is 90.0 Å². The van der Waals surface area contributed by atoms with Gasteiger partial charge in [0.2, 0.25) is 0 Å². The van der Waals surface area contributed by atoms with E-state index in [9.17, 15) is 0 Å². The topological polar surface area (TPSA) is 15.7 Å². The van der Waals surface area contributed by atoms with Gasteiger partial charge in [-0.25, -0.2) is 0 Å². The highest BCUT2D eigenvalue weighted by Crippen LogP contribution is 2.25. The normalized spacial score (nSPS) is 13.5. The third-order valence-electron chi connectivity index (χ3n) is 5.38. The molecule has 3 aromatic rings. The SMILES string of the molecule is COc1cccc(CN(Cc2cccc(N3CCCC3)c2)c2ccccc2)c1. The third kappa shape index (κ3) is 4.48. The molecule has 0 aliphatic carbocycles. The minimum atomic E-state index is 0.842. The van der Waals surface area contributed by atoms with Gasteiger partial charge in [0, 0.05) is 37.6 Å². The summed E-state index contributed by atoms with van der Waals surface area (Å²) in [6, 6.07) is 28.0. The molecule has 3 aromatic carbocycles. The Hall–Kier alpha value is -2.94. The zero-order chi connectivity index (χ0) is 19.2. The summed E-state index contributed by atoms with van der Waals surface area (Å²) in [6.07, 6.45) is 2.60. The van der Waals surface area contributed by atoms with Crippen LogP contribution in [0.5, 0.6) is 5.75 Å². The maximum absolute atomic E-state index is 5.41. The van der Waals surface area contributed by atoms with Gasteiger partial charge in [-0.1, -0.05) is 42.5 Å². The number of benzene rings is 3. The lowest BCUT2D eigenvalue weighted by atomic mass is 10.1. The van der Waals surface area contributed by atoms with E-state index in [1.807, 2.05) is 6.07 Å². The number of anilines is 2. The molecular weight excluding hydrogens is 344 g/mol. The highest BCUT2D eigenvalue weighted by molar-refractivity contribution is 5.52. The van der Waals surface area contributed by atoms with E-state index in [1.165, 1.54) is 48.4 Å². The van der Waals surface area contributed by atoms with Gasteiger partial charge in [-0.15, -0.1) is 0 Å². The Morgan fingerprint density at radius 1 is 0.786 bits per heavy atom. The number of nitrogens with zero attached hydrogens (tertiary/aromatic N) is 2. The van der Waals surface area contributed by atoms with Crippen LogP contribution in [0.1, 0.15) is 24.0 Å². The number of hydrogen-bond donors (Lipinski definition) is 0. The molecular formula is C25H28N2O. The van der Waals surface area contributed by atoms with Crippen molar-refractivity contribution in [2.24, 2.45) is 0 Å². The predicted octanol–water partition coefficient (Wildman–Crippen LogP) is 5.50. The molecule has 1 heterocycles. The molecule has 0 radical (unpaired) electrons. The predicted molar refractivity (Wildman–Crippen MR) is 117 cm³/mol. The third-order valence-corrected chi connectivity index (χ3v) is 5.38. The summed E-state index contributed by atoms with van der Waals surface area (Å²) in [5.41, 5.74) is 5.18. The molecule has 0 unspecified atom stereocenters. The standard InChI is InChI=1S/C25H28N2O/c1-28-25-14-8-10-22(18-25)20-27(23-11-3-2-4-12-23)19-21-9-7-13-24(17-21)26-15-5-6-16-26/h2-4,7-14,17-18H,5-6,15-16,19-20H2,1H3. The minimum Gasteiger partial charge on any atom is -0.497 e. The van der Waals surface area contributed by atoms with Gasteiger partial charge < -0.3 is 14.5 Å². The number of ether oxygens (including phenoxy) is 1. The smallest absolute Gasteiger partial charge is 0.119 e. The van der Waals surface area contributed by atoms with Crippen molar-refractivity contribution in [1.82, 2.24) is 0 Å². The summed E-state index contributed by atoms with van der Waals surface area (Å²) >= 11 is 0. The maximum Gasteiger partial charge on any atom is 0.119 e. The van der Waals surface area contributed by atoms with Crippen LogP contribution in [0, 0.1) is 0 Å². The fourth-order valence-corrected chi connectivity index (χ4v) is 3.92. The van der Waals surface area contributed by atoms with Crippen LogP contribution in [0.3, 0.4) is 0 Å². The highest BCUT2D eigenvalue weighted by atomic mass is 16.5. The lowest BCUT2D eigenvalue weighted by Gasteiger charge is -2.26. The molecule has 144 valence electrons. The molecule has 1 aliphatic rings. The summed E-state index contributed by atoms with van der Waals surface area (Å²) in [6.45, 7) is 4.07. The van der Waals surface area contributed by atoms with E-state index in [2.05, 4.69) is 82.6 Å². The van der Waals surface area contributed by atoms with E-state index in [1.54, 1.807) is 7.11 Å². The molecule has 0 atom stereocenters. The minimum absolute atomic E-state index is 0.842. The van der Waals surface area contributed by atoms with Crippen LogP contribution in [-0.2, 0) is 13.1 Å². The second-order valence-corrected chi connectivity index (χ2v) is 7.41. The molecule has 0 bridgehead atoms. The van der Waals surface area contributed by atoms with E-state index in [0.717, 1.165) is 18.8 Å². The van der Waals surface area contributed by atoms with Crippen molar-refractivity contribution in [3.8, 4) is 5.75 Å². The summed E-state index contributed by atoms with van der Waals surface area (Å²) in [7, 11) is 1.72. The van der Waals surface area contributed by atoms with E-state index in [4.69, 9.17) is 4.74 Å². The molecule has 0 aromatic heterocycles. The number of para-hydroxylation sites is 1. The summed E-state index contributed by atoms with van der Waals surface area (Å²) < 4.78 is 5.41. The second-order valence-electron chi connectivity index (χ2n) is 7.41. The zero-order valence-electron chi connectivity index (χ0n) is 16.6. The van der Waals surface area contributed by atoms with E-state index in [0.29, 0.717) is 0 Å². The van der Waals surface area contributed by atoms with Crippen molar-refractivity contribution in [2.75, 3.05) is 30.0 Å². The van der Waals surface area contributed by atoms with Crippen LogP contribution in [0.25, 0.3) is 0 Å². The van der Waals surface area contributed by atoms with Crippen molar-refractivity contribution in [3.63, 3.8) is 0 Å². The van der Waals surface area contributed by atoms with Gasteiger partial charge in [0.25, 0.3) is 0 Å². The molecule has 0 spiro atoms. The first-order valence-electron chi connectivity index (χ1n) is 10.1. The van der Waals surface area contributed by atoms with E-state index in [-0.39, 0.29) is 0 Å². The molecule has 1 aliphatic heterocycles. The van der Waals surface area contributed by atoms with Gasteiger partial charge in [-0.3, -0.25) is 0 Å². The molecule has 0 saturated carbocycles. The summed E-state index contributed by atoms with van der Waals surface area (Å²) in [5.74, 6) is 0.904. The number of rotatable bonds is 7. The molecule has 0 N–H and O–H groups in total. The van der Waals surface area contributed by atoms with E-state index >= 15 is 0 Å². The Kier molecular flexibility index (Phi) is 5.81. The van der Waals surface area contributed by atoms with Crippen LogP contribution in [0.15, 0.2) is 78.9 Å². The Morgan fingerprint density at radius 2 is 1.46 bits per heavy atom. The van der Waals surface area contributed by atoms with Crippen molar-refractivity contribution >= 4 is 11.4 Å². The maximum atomic E-state index is 5.41. The van der Waals surface area contributed by atoms with Crippen LogP contribution < -0.4 is 14.5 Å². The molecule has 1 fully saturated rings. The lowest BCUT2D eigenvalue weighted by Crippen LogP contribution is -2.23. The first kappa shape index (κ1) is 18.4. The van der Waals surface area contributed by atoms with Crippen LogP contribution >= 0.6 is 0 Å². The monoisotopic (exact) mass is 372 g/mol. The number of hydrogen-bond acceptors (Lipinski definition) is 3. The van der Waals surface area contributed by atoms with Gasteiger partial charge >= 0.3 is 0 Å². The molecule has 4 rings (SSSR count). The van der Waals surface area contributed by atoms with Crippen LogP contribution in [0.2, 0.25) is 0 Å². The Labute approximate surface area is 168 Å². The molecule has 0 amide bonds. The van der Waals surface area contributed by atoms with Crippen molar-refractivity contribution in [1.29, 1.82) is 0 Å². The molecule has 3 heteroatoms. The van der Waals surface area contributed by atoms with Crippen molar-refractivity contribution < 1.29 is 4.74 Å². The van der Waals surface area contributed by atoms with Gasteiger partial charge in [-0.2, -0.15) is 0 Å². The average molecular weight is 373 g/mol. The fraction of sp³-hybridized carbons (Fsp3) is 0.280. The average Bonchev–Trinajstić information content (AvgIpc) is 3.29. The number of methoxy groups -OCH3 is 1. The zero-order valence-corrected chi connectivity index (χ0v) is 16.6. The first-order valence-corrected chi connectivity index (χ1v) is 10.1. The lowest BCUT2D eigenvalue weighted by molar-refractivity contribution is 0.414. The largest absolute Gasteiger partial charge is 0.497 e. The van der Waals surface area contributed by atoms with Gasteiger partial charge in [-0.05, 0) is 60.4 Å². The molecule has 28 heavy (non-hydrogen) atoms. The second kappa shape index (κ2) is 8.83.